The van der Waals surface area contributed by atoms with Crippen LogP contribution < -0.4 is 0 Å². The minimum atomic E-state index is -1.44. The van der Waals surface area contributed by atoms with Crippen LogP contribution in [0.5, 0.6) is 0 Å². The molecule has 2 heteroatoms. The first-order valence-electron chi connectivity index (χ1n) is 4.90. The van der Waals surface area contributed by atoms with Gasteiger partial charge in [-0.3, -0.25) is 0 Å². The van der Waals surface area contributed by atoms with E-state index in [1.165, 1.54) is 0 Å². The van der Waals surface area contributed by atoms with Crippen LogP contribution in [0.1, 0.15) is 13.8 Å². The zero-order chi connectivity index (χ0) is 10.1. The molecule has 2 atom stereocenters. The number of hydrogen-bond acceptors (Lipinski definition) is 1. The Morgan fingerprint density at radius 2 is 1.85 bits per heavy atom. The third-order valence-corrected chi connectivity index (χ3v) is 3.42. The van der Waals surface area contributed by atoms with E-state index in [1.807, 2.05) is 0 Å². The van der Waals surface area contributed by atoms with Gasteiger partial charge in [0, 0.05) is 5.92 Å². The van der Waals surface area contributed by atoms with Crippen molar-refractivity contribution in [1.82, 2.24) is 0 Å². The number of allylic oxidation sites excluding steroid dienone is 2. The Bertz CT molecular complexity index is 237. The van der Waals surface area contributed by atoms with E-state index in [0.717, 1.165) is 0 Å². The summed E-state index contributed by atoms with van der Waals surface area (Å²) >= 11 is 0. The van der Waals surface area contributed by atoms with E-state index in [9.17, 15) is 0 Å². The lowest BCUT2D eigenvalue weighted by Gasteiger charge is -2.38. The van der Waals surface area contributed by atoms with Crippen molar-refractivity contribution in [3.05, 3.63) is 24.3 Å². The van der Waals surface area contributed by atoms with Crippen LogP contribution in [0.15, 0.2) is 24.3 Å². The summed E-state index contributed by atoms with van der Waals surface area (Å²) in [6, 6.07) is 0. The monoisotopic (exact) mass is 196 g/mol. The summed E-state index contributed by atoms with van der Waals surface area (Å²) < 4.78 is 6.18. The zero-order valence-corrected chi connectivity index (χ0v) is 10.3. The van der Waals surface area contributed by atoms with Crippen LogP contribution in [0, 0.1) is 5.92 Å². The topological polar surface area (TPSA) is 9.23 Å². The molecule has 0 aromatic carbocycles. The molecule has 0 fully saturated rings. The van der Waals surface area contributed by atoms with Crippen LogP contribution >= 0.6 is 0 Å². The molecule has 1 aliphatic carbocycles. The average Bonchev–Trinajstić information content (AvgIpc) is 1.92. The van der Waals surface area contributed by atoms with Crippen LogP contribution in [0.4, 0.5) is 0 Å². The fourth-order valence-corrected chi connectivity index (χ4v) is 3.18. The maximum atomic E-state index is 6.18. The highest BCUT2D eigenvalue weighted by Gasteiger charge is 2.33. The van der Waals surface area contributed by atoms with Gasteiger partial charge in [-0.25, -0.2) is 0 Å². The maximum absolute atomic E-state index is 6.18. The van der Waals surface area contributed by atoms with E-state index in [1.54, 1.807) is 0 Å². The average molecular weight is 196 g/mol. The summed E-state index contributed by atoms with van der Waals surface area (Å²) in [6.07, 6.45) is 8.57. The molecular formula is C11H20OSi. The molecule has 74 valence electrons. The van der Waals surface area contributed by atoms with Gasteiger partial charge in [-0.2, -0.15) is 0 Å². The summed E-state index contributed by atoms with van der Waals surface area (Å²) in [5.74, 6) is 0.476. The zero-order valence-electron chi connectivity index (χ0n) is 9.29. The highest BCUT2D eigenvalue weighted by atomic mass is 28.4. The molecule has 1 nitrogen and oxygen atoms in total. The Kier molecular flexibility index (Phi) is 2.83. The van der Waals surface area contributed by atoms with Crippen LogP contribution in [0.2, 0.25) is 19.6 Å². The second-order valence-electron chi connectivity index (χ2n) is 4.93. The van der Waals surface area contributed by atoms with Crippen LogP contribution in [0.25, 0.3) is 0 Å². The fourth-order valence-electron chi connectivity index (χ4n) is 1.61. The van der Waals surface area contributed by atoms with E-state index >= 15 is 0 Å². The SMILES string of the molecule is CC1C=CC=CC1(C)O[Si](C)(C)C. The van der Waals surface area contributed by atoms with E-state index in [4.69, 9.17) is 4.43 Å². The van der Waals surface area contributed by atoms with Gasteiger partial charge in [0.2, 0.25) is 0 Å². The minimum absolute atomic E-state index is 0.0841. The van der Waals surface area contributed by atoms with Crippen molar-refractivity contribution in [2.45, 2.75) is 39.1 Å². The molecule has 2 unspecified atom stereocenters. The molecular weight excluding hydrogens is 176 g/mol. The van der Waals surface area contributed by atoms with Crippen molar-refractivity contribution in [2.75, 3.05) is 0 Å². The largest absolute Gasteiger partial charge is 0.408 e. The lowest BCUT2D eigenvalue weighted by molar-refractivity contribution is 0.0928. The van der Waals surface area contributed by atoms with Gasteiger partial charge in [0.25, 0.3) is 0 Å². The Balaban J connectivity index is 2.76. The normalized spacial score (nSPS) is 33.8. The van der Waals surface area contributed by atoms with E-state index < -0.39 is 8.32 Å². The van der Waals surface area contributed by atoms with Gasteiger partial charge >= 0.3 is 0 Å². The predicted molar refractivity (Wildman–Crippen MR) is 60.3 cm³/mol. The molecule has 0 N–H and O–H groups in total. The van der Waals surface area contributed by atoms with Crippen LogP contribution in [-0.4, -0.2) is 13.9 Å². The smallest absolute Gasteiger partial charge is 0.184 e. The lowest BCUT2D eigenvalue weighted by Crippen LogP contribution is -2.43. The molecule has 0 amide bonds. The van der Waals surface area contributed by atoms with Gasteiger partial charge in [-0.05, 0) is 26.6 Å². The Hall–Kier alpha value is -0.343. The standard InChI is InChI=1S/C11H20OSi/c1-10-8-6-7-9-11(10,2)12-13(3,4)5/h6-10H,1-5H3. The molecule has 0 aliphatic heterocycles. The van der Waals surface area contributed by atoms with Crippen molar-refractivity contribution in [3.8, 4) is 0 Å². The van der Waals surface area contributed by atoms with Gasteiger partial charge in [-0.15, -0.1) is 0 Å². The number of hydrogen-bond donors (Lipinski definition) is 0. The molecule has 0 radical (unpaired) electrons. The second kappa shape index (κ2) is 3.43. The third-order valence-electron chi connectivity index (χ3n) is 2.37. The van der Waals surface area contributed by atoms with E-state index in [-0.39, 0.29) is 5.60 Å². The highest BCUT2D eigenvalue weighted by molar-refractivity contribution is 6.69. The van der Waals surface area contributed by atoms with Crippen molar-refractivity contribution < 1.29 is 4.43 Å². The first-order chi connectivity index (χ1) is 5.83. The maximum Gasteiger partial charge on any atom is 0.184 e. The minimum Gasteiger partial charge on any atom is -0.408 e. The fraction of sp³-hybridized carbons (Fsp3) is 0.636. The van der Waals surface area contributed by atoms with Crippen molar-refractivity contribution in [1.29, 1.82) is 0 Å². The Labute approximate surface area is 82.6 Å². The van der Waals surface area contributed by atoms with Gasteiger partial charge in [0.1, 0.15) is 0 Å². The first-order valence-corrected chi connectivity index (χ1v) is 8.30. The Morgan fingerprint density at radius 3 is 2.31 bits per heavy atom. The molecule has 0 bridgehead atoms. The second-order valence-corrected chi connectivity index (χ2v) is 9.36. The molecule has 0 heterocycles. The predicted octanol–water partition coefficient (Wildman–Crippen LogP) is 3.36. The quantitative estimate of drug-likeness (QED) is 0.615. The van der Waals surface area contributed by atoms with Gasteiger partial charge in [0.15, 0.2) is 8.32 Å². The van der Waals surface area contributed by atoms with Gasteiger partial charge in [0.05, 0.1) is 5.60 Å². The van der Waals surface area contributed by atoms with Crippen molar-refractivity contribution in [3.63, 3.8) is 0 Å². The highest BCUT2D eigenvalue weighted by Crippen LogP contribution is 2.30. The molecule has 0 aromatic rings. The van der Waals surface area contributed by atoms with E-state index in [2.05, 4.69) is 57.8 Å². The van der Waals surface area contributed by atoms with Crippen molar-refractivity contribution in [2.24, 2.45) is 5.92 Å². The van der Waals surface area contributed by atoms with Crippen molar-refractivity contribution >= 4 is 8.32 Å². The van der Waals surface area contributed by atoms with Crippen LogP contribution in [0.3, 0.4) is 0 Å². The molecule has 13 heavy (non-hydrogen) atoms. The first kappa shape index (κ1) is 10.7. The summed E-state index contributed by atoms with van der Waals surface area (Å²) in [4.78, 5) is 0. The summed E-state index contributed by atoms with van der Waals surface area (Å²) in [7, 11) is -1.44. The van der Waals surface area contributed by atoms with Gasteiger partial charge < -0.3 is 4.43 Å². The lowest BCUT2D eigenvalue weighted by atomic mass is 9.87. The molecule has 0 aromatic heterocycles. The third kappa shape index (κ3) is 2.81. The molecule has 1 aliphatic rings. The molecule has 1 rings (SSSR count). The Morgan fingerprint density at radius 1 is 1.23 bits per heavy atom. The molecule has 0 saturated carbocycles. The summed E-state index contributed by atoms with van der Waals surface area (Å²) in [5.41, 5.74) is -0.0841. The summed E-state index contributed by atoms with van der Waals surface area (Å²) in [6.45, 7) is 11.1. The van der Waals surface area contributed by atoms with Gasteiger partial charge in [-0.1, -0.05) is 31.2 Å². The summed E-state index contributed by atoms with van der Waals surface area (Å²) in [5, 5.41) is 0. The number of rotatable bonds is 2. The van der Waals surface area contributed by atoms with Crippen LogP contribution in [-0.2, 0) is 4.43 Å². The molecule has 0 saturated heterocycles. The van der Waals surface area contributed by atoms with E-state index in [0.29, 0.717) is 5.92 Å². The molecule has 0 spiro atoms.